The summed E-state index contributed by atoms with van der Waals surface area (Å²) in [7, 11) is 0. The molecule has 105 heavy (non-hydrogen) atoms. The number of benzene rings is 8. The molecule has 0 amide bonds. The molecular formula is C92H120CuN8O4. The fourth-order valence-electron chi connectivity index (χ4n) is 20.0. The first-order chi connectivity index (χ1) is 50.3. The van der Waals surface area contributed by atoms with Gasteiger partial charge >= 0.3 is 0 Å². The Morgan fingerprint density at radius 3 is 0.486 bits per heavy atom. The molecule has 8 atom stereocenters. The van der Waals surface area contributed by atoms with Crippen molar-refractivity contribution >= 4 is 0 Å². The number of nitrogens with one attached hydrogen (secondary N) is 8. The minimum atomic E-state index is -0.174. The van der Waals surface area contributed by atoms with Gasteiger partial charge in [0, 0.05) is 61.0 Å². The van der Waals surface area contributed by atoms with Gasteiger partial charge in [-0.3, -0.25) is 42.5 Å². The van der Waals surface area contributed by atoms with E-state index in [2.05, 4.69) is 146 Å². The summed E-state index contributed by atoms with van der Waals surface area (Å²) in [5, 5.41) is 73.4. The average Bonchev–Trinajstić information content (AvgIpc) is 1.63. The van der Waals surface area contributed by atoms with E-state index in [4.69, 9.17) is 0 Å². The van der Waals surface area contributed by atoms with Crippen molar-refractivity contribution in [2.45, 2.75) is 229 Å². The Hall–Kier alpha value is -6.84. The molecule has 9 fully saturated rings. The number of aromatic hydroxyl groups is 4. The van der Waals surface area contributed by atoms with Crippen LogP contribution in [0.1, 0.15) is 203 Å². The minimum absolute atomic E-state index is 0. The van der Waals surface area contributed by atoms with E-state index in [0.717, 1.165) is 69.6 Å². The van der Waals surface area contributed by atoms with Gasteiger partial charge in [-0.15, -0.1) is 0 Å². The predicted octanol–water partition coefficient (Wildman–Crippen LogP) is 17.5. The standard InChI is InChI=1S/C32H56N8.4C15H16O.Cu/c1-2-10-18-17(9-1)25-33-26(18)38-28-21-13-5-6-14-22(21)30(35-28)40-32-24-16-8-7-15-23(24)31(36-32)39-29-20-12-4-3-11-19(20)27(34-29)37-25;4*1-15(2,12-8-4-3-5-9-12)13-10-6-7-11-14(13)16;/h17-40H,1-16H2;4*3-11,16H,1-2H3;. The number of phenolic OH excluding ortho intramolecular Hbond substituents is 4. The molecule has 12 N–H and O–H groups in total. The summed E-state index contributed by atoms with van der Waals surface area (Å²) < 4.78 is 0. The first-order valence-electron chi connectivity index (χ1n) is 39.7. The molecule has 563 valence electrons. The summed E-state index contributed by atoms with van der Waals surface area (Å²) in [5.74, 6) is 7.40. The molecule has 12 nitrogen and oxygen atoms in total. The maximum atomic E-state index is 9.91. The number of hydrogen-bond acceptors (Lipinski definition) is 12. The van der Waals surface area contributed by atoms with Crippen molar-refractivity contribution in [3.63, 3.8) is 0 Å². The molecule has 0 spiro atoms. The molecule has 1 radical (unpaired) electrons. The van der Waals surface area contributed by atoms with E-state index in [1.165, 1.54) is 125 Å². The van der Waals surface area contributed by atoms with Gasteiger partial charge in [-0.25, -0.2) is 0 Å². The van der Waals surface area contributed by atoms with Gasteiger partial charge in [-0.1, -0.05) is 301 Å². The molecule has 4 saturated carbocycles. The summed E-state index contributed by atoms with van der Waals surface area (Å²) >= 11 is 0. The molecule has 5 heterocycles. The summed E-state index contributed by atoms with van der Waals surface area (Å²) in [5.41, 5.74) is 7.96. The van der Waals surface area contributed by atoms with Gasteiger partial charge in [0.05, 0.1) is 49.3 Å². The van der Waals surface area contributed by atoms with Gasteiger partial charge in [0.2, 0.25) is 0 Å². The summed E-state index contributed by atoms with van der Waals surface area (Å²) in [4.78, 5) is 0. The van der Waals surface area contributed by atoms with Crippen LogP contribution in [0.15, 0.2) is 218 Å². The second-order valence-electron chi connectivity index (χ2n) is 33.6. The Bertz CT molecular complexity index is 3430. The largest absolute Gasteiger partial charge is 0.508 e. The molecule has 8 aromatic rings. The summed E-state index contributed by atoms with van der Waals surface area (Å²) in [6.45, 7) is 17.0. The molecule has 5 aliphatic heterocycles. The smallest absolute Gasteiger partial charge is 0.119 e. The van der Waals surface area contributed by atoms with Gasteiger partial charge in [0.15, 0.2) is 0 Å². The number of fused-ring (bicyclic) bond motifs is 20. The second-order valence-corrected chi connectivity index (χ2v) is 33.6. The predicted molar refractivity (Wildman–Crippen MR) is 424 cm³/mol. The summed E-state index contributed by atoms with van der Waals surface area (Å²) in [6, 6.07) is 71.0. The zero-order valence-corrected chi connectivity index (χ0v) is 64.4. The van der Waals surface area contributed by atoms with E-state index in [0.29, 0.717) is 72.3 Å². The van der Waals surface area contributed by atoms with Gasteiger partial charge in [-0.2, -0.15) is 0 Å². The molecule has 8 aromatic carbocycles. The molecule has 8 unspecified atom stereocenters. The maximum absolute atomic E-state index is 9.91. The van der Waals surface area contributed by atoms with Crippen LogP contribution in [0.25, 0.3) is 0 Å². The van der Waals surface area contributed by atoms with Gasteiger partial charge in [-0.05, 0) is 145 Å². The number of rotatable bonds is 8. The zero-order chi connectivity index (χ0) is 72.6. The van der Waals surface area contributed by atoms with Crippen LogP contribution in [0, 0.1) is 47.3 Å². The number of phenols is 4. The van der Waals surface area contributed by atoms with Gasteiger partial charge < -0.3 is 20.4 Å². The zero-order valence-electron chi connectivity index (χ0n) is 63.4. The topological polar surface area (TPSA) is 177 Å². The average molecular weight is 1470 g/mol. The maximum Gasteiger partial charge on any atom is 0.119 e. The fraction of sp³-hybridized carbons (Fsp3) is 0.478. The van der Waals surface area contributed by atoms with Crippen molar-refractivity contribution in [3.05, 3.63) is 263 Å². The molecule has 8 bridgehead atoms. The van der Waals surface area contributed by atoms with Crippen LogP contribution in [-0.2, 0) is 38.7 Å². The fourth-order valence-corrected chi connectivity index (χ4v) is 20.0. The monoisotopic (exact) mass is 1460 g/mol. The molecule has 5 saturated heterocycles. The van der Waals surface area contributed by atoms with E-state index in [9.17, 15) is 20.4 Å². The first kappa shape index (κ1) is 77.8. The van der Waals surface area contributed by atoms with Crippen LogP contribution in [0.5, 0.6) is 23.0 Å². The van der Waals surface area contributed by atoms with Gasteiger partial charge in [0.1, 0.15) is 23.0 Å². The Labute approximate surface area is 638 Å². The van der Waals surface area contributed by atoms with Crippen molar-refractivity contribution < 1.29 is 37.5 Å². The molecule has 13 heteroatoms. The third-order valence-corrected chi connectivity index (χ3v) is 26.1. The summed E-state index contributed by atoms with van der Waals surface area (Å²) in [6.07, 6.45) is 25.6. The normalized spacial score (nSPS) is 28.9. The Morgan fingerprint density at radius 2 is 0.343 bits per heavy atom. The van der Waals surface area contributed by atoms with Crippen LogP contribution >= 0.6 is 0 Å². The van der Waals surface area contributed by atoms with Crippen LogP contribution in [0.3, 0.4) is 0 Å². The number of hydrogen-bond donors (Lipinski definition) is 12. The molecule has 4 aliphatic carbocycles. The molecule has 0 aromatic heterocycles. The Morgan fingerprint density at radius 1 is 0.210 bits per heavy atom. The quantitative estimate of drug-likeness (QED) is 0.0650. The van der Waals surface area contributed by atoms with Crippen LogP contribution < -0.4 is 42.5 Å². The van der Waals surface area contributed by atoms with E-state index in [-0.39, 0.29) is 38.7 Å². The van der Waals surface area contributed by atoms with Crippen LogP contribution in [-0.4, -0.2) is 69.8 Å². The van der Waals surface area contributed by atoms with Crippen molar-refractivity contribution in [2.24, 2.45) is 47.3 Å². The first-order valence-corrected chi connectivity index (χ1v) is 39.7. The van der Waals surface area contributed by atoms with Crippen molar-refractivity contribution in [3.8, 4) is 23.0 Å². The van der Waals surface area contributed by atoms with Crippen LogP contribution in [0.2, 0.25) is 0 Å². The van der Waals surface area contributed by atoms with Gasteiger partial charge in [0.25, 0.3) is 0 Å². The third kappa shape index (κ3) is 17.4. The molecule has 17 rings (SSSR count). The van der Waals surface area contributed by atoms with Crippen molar-refractivity contribution in [1.82, 2.24) is 42.5 Å². The van der Waals surface area contributed by atoms with E-state index in [1.54, 1.807) is 24.3 Å². The third-order valence-electron chi connectivity index (χ3n) is 26.1. The molecular weight excluding hydrogens is 1340 g/mol. The van der Waals surface area contributed by atoms with Crippen molar-refractivity contribution in [1.29, 1.82) is 0 Å². The second kappa shape index (κ2) is 34.6. The Kier molecular flexibility index (Phi) is 25.6. The minimum Gasteiger partial charge on any atom is -0.508 e. The van der Waals surface area contributed by atoms with E-state index >= 15 is 0 Å². The van der Waals surface area contributed by atoms with E-state index in [1.807, 2.05) is 146 Å². The van der Waals surface area contributed by atoms with Crippen LogP contribution in [0.4, 0.5) is 0 Å². The SMILES string of the molecule is C1CCC2C3NC(NC4NC(NC5NC(NC6NC(N3)C3CCCCC63)C3CCCCC53)C3CCCCC43)C2C1.CC(C)(c1ccccc1)c1ccccc1O.CC(C)(c1ccccc1)c1ccccc1O.CC(C)(c1ccccc1)c1ccccc1O.CC(C)(c1ccccc1)c1ccccc1O.[Cu]. The van der Waals surface area contributed by atoms with E-state index < -0.39 is 0 Å². The van der Waals surface area contributed by atoms with Crippen molar-refractivity contribution in [2.75, 3.05) is 0 Å². The molecule has 9 aliphatic rings. The number of para-hydroxylation sites is 4. The Balaban J connectivity index is 0.000000134.